The molecule has 15 heteroatoms. The van der Waals surface area contributed by atoms with Crippen LogP contribution in [0.2, 0.25) is 0 Å². The Balaban J connectivity index is 0.000000450. The molecule has 15 nitrogen and oxygen atoms in total. The number of nitrogens with zero attached hydrogens (tertiary/aromatic N) is 15. The van der Waals surface area contributed by atoms with Crippen LogP contribution in [0.25, 0.3) is 0 Å². The maximum absolute atomic E-state index is 2.57. The highest BCUT2D eigenvalue weighted by Crippen LogP contribution is 2.04. The molecule has 432 valence electrons. The zero-order valence-electron chi connectivity index (χ0n) is 51.4. The molecule has 0 saturated carbocycles. The van der Waals surface area contributed by atoms with Gasteiger partial charge in [0.1, 0.15) is 0 Å². The average molecular weight is 1020 g/mol. The maximum atomic E-state index is 2.57. The Morgan fingerprint density at radius 2 is 0.208 bits per heavy atom. The van der Waals surface area contributed by atoms with Crippen molar-refractivity contribution in [3.8, 4) is 0 Å². The van der Waals surface area contributed by atoms with Gasteiger partial charge in [0.05, 0.1) is 0 Å². The van der Waals surface area contributed by atoms with Gasteiger partial charge in [-0.1, -0.05) is 83.1 Å². The molecule has 5 rings (SSSR count). The van der Waals surface area contributed by atoms with Crippen molar-refractivity contribution in [1.29, 1.82) is 0 Å². The maximum Gasteiger partial charge on any atom is 0.0110 e. The molecule has 0 unspecified atom stereocenters. The molecular formula is C57H129N15. The summed E-state index contributed by atoms with van der Waals surface area (Å²) < 4.78 is 0. The van der Waals surface area contributed by atoms with Crippen LogP contribution in [0.1, 0.15) is 83.1 Å². The lowest BCUT2D eigenvalue weighted by Gasteiger charge is -2.23. The number of likely N-dealkylation sites (N-methyl/N-ethyl adjacent to an activating group) is 15. The van der Waals surface area contributed by atoms with Crippen LogP contribution in [0.3, 0.4) is 0 Å². The molecule has 0 bridgehead atoms. The minimum atomic E-state index is 1.19. The summed E-state index contributed by atoms with van der Waals surface area (Å²) in [4.78, 5) is 38.0. The normalized spacial score (nSPS) is 23.9. The Hall–Kier alpha value is -0.600. The molecule has 0 aliphatic carbocycles. The molecule has 5 saturated heterocycles. The fourth-order valence-corrected chi connectivity index (χ4v) is 9.89. The van der Waals surface area contributed by atoms with Crippen LogP contribution in [0.15, 0.2) is 0 Å². The van der Waals surface area contributed by atoms with E-state index in [2.05, 4.69) is 178 Å². The molecule has 5 fully saturated rings. The number of hydrogen-bond donors (Lipinski definition) is 0. The van der Waals surface area contributed by atoms with Gasteiger partial charge < -0.3 is 73.5 Å². The molecule has 0 aromatic heterocycles. The standard InChI is InChI=1S/2C12H27N3.3C11H25N3/c2*1-4-13-7-9-14(5-2)11-12-15(6-3)10-8-13;3*1-4-13-8-6-12(3)7-9-14(5-2)11-10-13/h2*4-12H2,1-3H3;3*4-11H2,1-3H3. The molecule has 0 aromatic rings. The zero-order chi connectivity index (χ0) is 53.4. The first kappa shape index (κ1) is 69.4. The van der Waals surface area contributed by atoms with Crippen LogP contribution in [0, 0.1) is 0 Å². The van der Waals surface area contributed by atoms with E-state index in [1.165, 1.54) is 275 Å². The van der Waals surface area contributed by atoms with Gasteiger partial charge in [-0.2, -0.15) is 0 Å². The van der Waals surface area contributed by atoms with E-state index < -0.39 is 0 Å². The number of hydrogen-bond acceptors (Lipinski definition) is 15. The molecule has 0 spiro atoms. The topological polar surface area (TPSA) is 48.6 Å². The van der Waals surface area contributed by atoms with Crippen LogP contribution >= 0.6 is 0 Å². The molecule has 5 aliphatic rings. The molecular weight excluding hydrogens is 895 g/mol. The predicted molar refractivity (Wildman–Crippen MR) is 318 cm³/mol. The Morgan fingerprint density at radius 1 is 0.139 bits per heavy atom. The fraction of sp³-hybridized carbons (Fsp3) is 1.00. The van der Waals surface area contributed by atoms with E-state index in [4.69, 9.17) is 0 Å². The smallest absolute Gasteiger partial charge is 0.0110 e. The van der Waals surface area contributed by atoms with Gasteiger partial charge in [0.15, 0.2) is 0 Å². The van der Waals surface area contributed by atoms with Crippen molar-refractivity contribution < 1.29 is 0 Å². The molecule has 72 heavy (non-hydrogen) atoms. The predicted octanol–water partition coefficient (Wildman–Crippen LogP) is 3.66. The molecule has 5 aliphatic heterocycles. The largest absolute Gasteiger partial charge is 0.304 e. The summed E-state index contributed by atoms with van der Waals surface area (Å²) in [6, 6.07) is 0. The van der Waals surface area contributed by atoms with Gasteiger partial charge in [0.25, 0.3) is 0 Å². The van der Waals surface area contributed by atoms with E-state index in [-0.39, 0.29) is 0 Å². The van der Waals surface area contributed by atoms with Gasteiger partial charge in [-0.05, 0) is 99.7 Å². The van der Waals surface area contributed by atoms with Gasteiger partial charge in [-0.25, -0.2) is 0 Å². The molecule has 0 N–H and O–H groups in total. The second-order valence-corrected chi connectivity index (χ2v) is 21.1. The van der Waals surface area contributed by atoms with Crippen molar-refractivity contribution in [2.24, 2.45) is 0 Å². The zero-order valence-corrected chi connectivity index (χ0v) is 51.4. The third-order valence-corrected chi connectivity index (χ3v) is 16.7. The summed E-state index contributed by atoms with van der Waals surface area (Å²) in [5.41, 5.74) is 0. The van der Waals surface area contributed by atoms with Crippen molar-refractivity contribution in [1.82, 2.24) is 73.5 Å². The van der Waals surface area contributed by atoms with Gasteiger partial charge in [-0.15, -0.1) is 0 Å². The van der Waals surface area contributed by atoms with Crippen molar-refractivity contribution in [2.45, 2.75) is 83.1 Å². The highest BCUT2D eigenvalue weighted by Gasteiger charge is 2.17. The third kappa shape index (κ3) is 33.5. The number of rotatable bonds is 12. The van der Waals surface area contributed by atoms with Gasteiger partial charge in [0.2, 0.25) is 0 Å². The first-order valence-corrected chi connectivity index (χ1v) is 30.6. The van der Waals surface area contributed by atoms with Crippen molar-refractivity contribution in [3.63, 3.8) is 0 Å². The van der Waals surface area contributed by atoms with Gasteiger partial charge in [0, 0.05) is 196 Å². The van der Waals surface area contributed by atoms with Crippen LogP contribution < -0.4 is 0 Å². The van der Waals surface area contributed by atoms with E-state index in [0.29, 0.717) is 0 Å². The second-order valence-electron chi connectivity index (χ2n) is 21.1. The summed E-state index contributed by atoms with van der Waals surface area (Å²) >= 11 is 0. The van der Waals surface area contributed by atoms with Crippen LogP contribution in [-0.4, -0.2) is 370 Å². The van der Waals surface area contributed by atoms with Crippen molar-refractivity contribution >= 4 is 0 Å². The van der Waals surface area contributed by atoms with E-state index in [1.807, 2.05) is 0 Å². The minimum Gasteiger partial charge on any atom is -0.304 e. The monoisotopic (exact) mass is 1020 g/mol. The average Bonchev–Trinajstić information content (AvgIpc) is 3.72. The molecule has 0 aromatic carbocycles. The van der Waals surface area contributed by atoms with Crippen molar-refractivity contribution in [2.75, 3.05) is 296 Å². The Kier molecular flexibility index (Phi) is 43.8. The minimum absolute atomic E-state index is 1.19. The lowest BCUT2D eigenvalue weighted by molar-refractivity contribution is 0.232. The summed E-state index contributed by atoms with van der Waals surface area (Å²) in [6.07, 6.45) is 0. The quantitative estimate of drug-likeness (QED) is 0.286. The van der Waals surface area contributed by atoms with Gasteiger partial charge in [-0.3, -0.25) is 0 Å². The Labute approximate surface area is 451 Å². The summed E-state index contributed by atoms with van der Waals surface area (Å²) in [6.45, 7) is 78.3. The van der Waals surface area contributed by atoms with E-state index >= 15 is 0 Å². The Bertz CT molecular complexity index is 928. The summed E-state index contributed by atoms with van der Waals surface area (Å²) in [5.74, 6) is 0. The van der Waals surface area contributed by atoms with E-state index in [1.54, 1.807) is 0 Å². The fourth-order valence-electron chi connectivity index (χ4n) is 9.89. The lowest BCUT2D eigenvalue weighted by atomic mass is 10.4. The summed E-state index contributed by atoms with van der Waals surface area (Å²) in [7, 11) is 6.69. The summed E-state index contributed by atoms with van der Waals surface area (Å²) in [5, 5.41) is 0. The highest BCUT2D eigenvalue weighted by molar-refractivity contribution is 4.73. The van der Waals surface area contributed by atoms with E-state index in [0.717, 1.165) is 0 Å². The molecule has 0 amide bonds. The van der Waals surface area contributed by atoms with E-state index in [9.17, 15) is 0 Å². The van der Waals surface area contributed by atoms with Crippen LogP contribution in [0.4, 0.5) is 0 Å². The van der Waals surface area contributed by atoms with Crippen molar-refractivity contribution in [3.05, 3.63) is 0 Å². The second kappa shape index (κ2) is 45.4. The third-order valence-electron chi connectivity index (χ3n) is 16.7. The molecule has 5 heterocycles. The molecule has 0 radical (unpaired) electrons. The lowest BCUT2D eigenvalue weighted by Crippen LogP contribution is -2.35. The van der Waals surface area contributed by atoms with Crippen LogP contribution in [0.5, 0.6) is 0 Å². The first-order chi connectivity index (χ1) is 34.9. The Morgan fingerprint density at radius 3 is 0.278 bits per heavy atom. The SMILES string of the molecule is CCN1CCN(C)CCN(CC)CC1.CCN1CCN(C)CCN(CC)CC1.CCN1CCN(C)CCN(CC)CC1.CCN1CCN(CC)CCN(CC)CC1.CCN1CCN(CC)CCN(CC)CC1. The van der Waals surface area contributed by atoms with Crippen LogP contribution in [-0.2, 0) is 0 Å². The van der Waals surface area contributed by atoms with Gasteiger partial charge >= 0.3 is 0 Å². The highest BCUT2D eigenvalue weighted by atomic mass is 15.3. The molecule has 0 atom stereocenters. The first-order valence-electron chi connectivity index (χ1n) is 30.6.